The molecule has 1 aliphatic heterocycles. The molecule has 1 saturated heterocycles. The fourth-order valence-electron chi connectivity index (χ4n) is 2.63. The Morgan fingerprint density at radius 1 is 1.48 bits per heavy atom. The summed E-state index contributed by atoms with van der Waals surface area (Å²) in [5, 5.41) is 10.8. The molecule has 1 aromatic rings. The minimum Gasteiger partial charge on any atom is -0.384 e. The Hall–Kier alpha value is -1.90. The third kappa shape index (κ3) is 3.81. The topological polar surface area (TPSA) is 65.5 Å². The number of nitrogens with zero attached hydrogens (tertiary/aromatic N) is 2. The number of amides is 1. The van der Waals surface area contributed by atoms with Gasteiger partial charge in [-0.1, -0.05) is 18.3 Å². The van der Waals surface area contributed by atoms with Gasteiger partial charge in [-0.25, -0.2) is 9.99 Å². The lowest BCUT2D eigenvalue weighted by Gasteiger charge is -2.38. The van der Waals surface area contributed by atoms with E-state index in [1.54, 1.807) is 18.3 Å². The largest absolute Gasteiger partial charge is 0.384 e. The Bertz CT molecular complexity index is 552. The van der Waals surface area contributed by atoms with Gasteiger partial charge in [0.2, 0.25) is 0 Å². The summed E-state index contributed by atoms with van der Waals surface area (Å²) in [4.78, 5) is 16.6. The van der Waals surface area contributed by atoms with E-state index in [1.165, 1.54) is 6.42 Å². The Labute approximate surface area is 125 Å². The molecule has 2 N–H and O–H groups in total. The highest BCUT2D eigenvalue weighted by atomic mass is 16.2. The average molecular weight is 287 g/mol. The summed E-state index contributed by atoms with van der Waals surface area (Å²) in [7, 11) is 0. The molecule has 1 aromatic heterocycles. The highest BCUT2D eigenvalue weighted by Crippen LogP contribution is 2.20. The lowest BCUT2D eigenvalue weighted by atomic mass is 10.00. The number of hydrogen-bond donors (Lipinski definition) is 2. The first kappa shape index (κ1) is 15.5. The zero-order valence-corrected chi connectivity index (χ0v) is 12.5. The summed E-state index contributed by atoms with van der Waals surface area (Å²) in [6.45, 7) is 3.98. The Kier molecular flexibility index (Phi) is 5.32. The van der Waals surface area contributed by atoms with Crippen LogP contribution in [0.15, 0.2) is 18.3 Å². The summed E-state index contributed by atoms with van der Waals surface area (Å²) in [6.07, 6.45) is 4.90. The number of aliphatic hydroxyl groups is 1. The molecule has 0 aliphatic carbocycles. The maximum atomic E-state index is 12.4. The van der Waals surface area contributed by atoms with Gasteiger partial charge in [-0.05, 0) is 38.8 Å². The van der Waals surface area contributed by atoms with Crippen molar-refractivity contribution in [1.82, 2.24) is 15.4 Å². The maximum Gasteiger partial charge on any atom is 0.285 e. The molecule has 1 fully saturated rings. The monoisotopic (exact) mass is 287 g/mol. The quantitative estimate of drug-likeness (QED) is 0.806. The highest BCUT2D eigenvalue weighted by Gasteiger charge is 2.27. The molecule has 1 amide bonds. The summed E-state index contributed by atoms with van der Waals surface area (Å²) in [5.74, 6) is 5.06. The maximum absolute atomic E-state index is 12.4. The van der Waals surface area contributed by atoms with E-state index < -0.39 is 0 Å². The SMILES string of the molecule is CC1CCCC(C)N1NC(=O)c1ncccc1C#CCO. The fraction of sp³-hybridized carbons (Fsp3) is 0.500. The third-order valence-electron chi connectivity index (χ3n) is 3.75. The van der Waals surface area contributed by atoms with Gasteiger partial charge in [0.05, 0.1) is 5.56 Å². The molecule has 0 radical (unpaired) electrons. The van der Waals surface area contributed by atoms with E-state index in [-0.39, 0.29) is 12.5 Å². The van der Waals surface area contributed by atoms with Crippen molar-refractivity contribution in [3.63, 3.8) is 0 Å². The van der Waals surface area contributed by atoms with Crippen molar-refractivity contribution < 1.29 is 9.90 Å². The number of pyridine rings is 1. The Morgan fingerprint density at radius 3 is 2.86 bits per heavy atom. The van der Waals surface area contributed by atoms with Crippen LogP contribution >= 0.6 is 0 Å². The van der Waals surface area contributed by atoms with Crippen LogP contribution in [0.25, 0.3) is 0 Å². The van der Waals surface area contributed by atoms with Gasteiger partial charge >= 0.3 is 0 Å². The molecule has 0 spiro atoms. The minimum absolute atomic E-state index is 0.240. The normalized spacial score (nSPS) is 22.2. The van der Waals surface area contributed by atoms with Crippen LogP contribution in [0.4, 0.5) is 0 Å². The molecule has 0 bridgehead atoms. The number of hydrogen-bond acceptors (Lipinski definition) is 4. The van der Waals surface area contributed by atoms with Crippen LogP contribution in [0, 0.1) is 11.8 Å². The minimum atomic E-state index is -0.251. The third-order valence-corrected chi connectivity index (χ3v) is 3.75. The number of carbonyl (C=O) groups is 1. The summed E-state index contributed by atoms with van der Waals surface area (Å²) >= 11 is 0. The van der Waals surface area contributed by atoms with Gasteiger partial charge in [0.25, 0.3) is 5.91 Å². The zero-order valence-electron chi connectivity index (χ0n) is 12.5. The van der Waals surface area contributed by atoms with Crippen molar-refractivity contribution in [2.45, 2.75) is 45.2 Å². The first-order valence-electron chi connectivity index (χ1n) is 7.27. The molecule has 21 heavy (non-hydrogen) atoms. The van der Waals surface area contributed by atoms with Gasteiger partial charge in [0, 0.05) is 18.3 Å². The van der Waals surface area contributed by atoms with Gasteiger partial charge in [-0.2, -0.15) is 0 Å². The number of carbonyl (C=O) groups excluding carboxylic acids is 1. The van der Waals surface area contributed by atoms with Crippen LogP contribution in [0.1, 0.15) is 49.2 Å². The summed E-state index contributed by atoms with van der Waals surface area (Å²) < 4.78 is 0. The Morgan fingerprint density at radius 2 is 2.19 bits per heavy atom. The molecule has 5 nitrogen and oxygen atoms in total. The standard InChI is InChI=1S/C16H21N3O2/c1-12-6-3-7-13(2)19(12)18-16(21)15-14(9-5-11-20)8-4-10-17-15/h4,8,10,12-13,20H,3,6-7,11H2,1-2H3,(H,18,21). The summed E-state index contributed by atoms with van der Waals surface area (Å²) in [5.41, 5.74) is 3.78. The van der Waals surface area contributed by atoms with E-state index >= 15 is 0 Å². The second kappa shape index (κ2) is 7.21. The van der Waals surface area contributed by atoms with Crippen molar-refractivity contribution in [2.75, 3.05) is 6.61 Å². The fourth-order valence-corrected chi connectivity index (χ4v) is 2.63. The van der Waals surface area contributed by atoms with E-state index in [0.29, 0.717) is 23.3 Å². The van der Waals surface area contributed by atoms with Crippen LogP contribution in [0.2, 0.25) is 0 Å². The highest BCUT2D eigenvalue weighted by molar-refractivity contribution is 5.94. The van der Waals surface area contributed by atoms with Crippen LogP contribution < -0.4 is 5.43 Å². The molecule has 2 rings (SSSR count). The number of aliphatic hydroxyl groups excluding tert-OH is 1. The first-order valence-corrected chi connectivity index (χ1v) is 7.27. The average Bonchev–Trinajstić information content (AvgIpc) is 2.49. The molecule has 2 heterocycles. The second-order valence-corrected chi connectivity index (χ2v) is 5.34. The summed E-state index contributed by atoms with van der Waals surface area (Å²) in [6, 6.07) is 4.08. The molecule has 0 aromatic carbocycles. The van der Waals surface area contributed by atoms with Crippen molar-refractivity contribution in [1.29, 1.82) is 0 Å². The van der Waals surface area contributed by atoms with E-state index in [9.17, 15) is 4.79 Å². The Balaban J connectivity index is 2.16. The lowest BCUT2D eigenvalue weighted by Crippen LogP contribution is -2.54. The van der Waals surface area contributed by atoms with E-state index in [2.05, 4.69) is 36.1 Å². The van der Waals surface area contributed by atoms with Crippen LogP contribution in [-0.4, -0.2) is 39.7 Å². The number of nitrogens with one attached hydrogen (secondary N) is 1. The van der Waals surface area contributed by atoms with Crippen LogP contribution in [0.3, 0.4) is 0 Å². The van der Waals surface area contributed by atoms with Crippen LogP contribution in [0.5, 0.6) is 0 Å². The van der Waals surface area contributed by atoms with Crippen molar-refractivity contribution in [3.8, 4) is 11.8 Å². The number of rotatable bonds is 2. The van der Waals surface area contributed by atoms with Crippen molar-refractivity contribution in [3.05, 3.63) is 29.6 Å². The van der Waals surface area contributed by atoms with Gasteiger partial charge in [0.1, 0.15) is 12.3 Å². The molecular formula is C16H21N3O2. The zero-order chi connectivity index (χ0) is 15.2. The van der Waals surface area contributed by atoms with Crippen molar-refractivity contribution in [2.24, 2.45) is 0 Å². The number of hydrazine groups is 1. The van der Waals surface area contributed by atoms with E-state index in [0.717, 1.165) is 12.8 Å². The van der Waals surface area contributed by atoms with E-state index in [4.69, 9.17) is 5.11 Å². The molecular weight excluding hydrogens is 266 g/mol. The molecule has 112 valence electrons. The number of aromatic nitrogens is 1. The molecule has 2 atom stereocenters. The van der Waals surface area contributed by atoms with Gasteiger partial charge in [-0.15, -0.1) is 0 Å². The number of piperidine rings is 1. The molecule has 1 aliphatic rings. The predicted octanol–water partition coefficient (Wildman–Crippen LogP) is 1.33. The van der Waals surface area contributed by atoms with Crippen molar-refractivity contribution >= 4 is 5.91 Å². The second-order valence-electron chi connectivity index (χ2n) is 5.34. The van der Waals surface area contributed by atoms with Gasteiger partial charge in [-0.3, -0.25) is 10.2 Å². The lowest BCUT2D eigenvalue weighted by molar-refractivity contribution is 0.0366. The van der Waals surface area contributed by atoms with Gasteiger partial charge in [0.15, 0.2) is 0 Å². The van der Waals surface area contributed by atoms with Crippen LogP contribution in [-0.2, 0) is 0 Å². The molecule has 5 heteroatoms. The first-order chi connectivity index (χ1) is 10.1. The molecule has 2 unspecified atom stereocenters. The van der Waals surface area contributed by atoms with E-state index in [1.807, 2.05) is 5.01 Å². The van der Waals surface area contributed by atoms with Gasteiger partial charge < -0.3 is 5.11 Å². The molecule has 0 saturated carbocycles. The smallest absolute Gasteiger partial charge is 0.285 e. The predicted molar refractivity (Wildman–Crippen MR) is 80.3 cm³/mol.